The molecule has 1 aromatic carbocycles. The Morgan fingerprint density at radius 3 is 2.69 bits per heavy atom. The molecule has 2 aliphatic rings. The van der Waals surface area contributed by atoms with Crippen LogP contribution in [0.3, 0.4) is 0 Å². The summed E-state index contributed by atoms with van der Waals surface area (Å²) in [4.78, 5) is 4.74. The minimum absolute atomic E-state index is 0.00124. The number of alkyl halides is 2. The summed E-state index contributed by atoms with van der Waals surface area (Å²) < 4.78 is 37.0. The van der Waals surface area contributed by atoms with Gasteiger partial charge >= 0.3 is 5.85 Å². The summed E-state index contributed by atoms with van der Waals surface area (Å²) in [6, 6.07) is 11.1. The Balaban J connectivity index is 1.40. The van der Waals surface area contributed by atoms with Crippen LogP contribution in [0.2, 0.25) is 5.02 Å². The number of nitrogens with zero attached hydrogens (tertiary/aromatic N) is 1. The zero-order valence-corrected chi connectivity index (χ0v) is 20.0. The molecule has 0 bridgehead atoms. The van der Waals surface area contributed by atoms with Crippen LogP contribution in [-0.2, 0) is 16.7 Å². The standard InChI is InChI=1S/C24H30ClF2N2O2P/c25-19-15-18(6-7-20(19)31-24(26,27)32)16-28-13-10-22(21-5-1-4-12-29-21)11-14-30-23(17-22)8-2-3-9-23/h1,4-7,12,15,28H,2-3,8-11,13-14,16-17,32H2. The highest BCUT2D eigenvalue weighted by molar-refractivity contribution is 7.17. The molecule has 8 heteroatoms. The smallest absolute Gasteiger partial charge is 0.408 e. The van der Waals surface area contributed by atoms with Gasteiger partial charge in [-0.2, -0.15) is 8.78 Å². The van der Waals surface area contributed by atoms with Crippen LogP contribution < -0.4 is 10.1 Å². The van der Waals surface area contributed by atoms with Gasteiger partial charge in [-0.05, 0) is 77.7 Å². The highest BCUT2D eigenvalue weighted by atomic mass is 35.5. The normalized spacial score (nSPS) is 22.9. The van der Waals surface area contributed by atoms with E-state index in [1.807, 2.05) is 12.3 Å². The Bertz CT molecular complexity index is 907. The van der Waals surface area contributed by atoms with Gasteiger partial charge in [0.2, 0.25) is 0 Å². The third kappa shape index (κ3) is 5.77. The number of aromatic nitrogens is 1. The molecule has 2 atom stereocenters. The second kappa shape index (κ2) is 9.89. The molecule has 2 heterocycles. The van der Waals surface area contributed by atoms with E-state index < -0.39 is 5.85 Å². The first kappa shape index (κ1) is 23.8. The molecular weight excluding hydrogens is 453 g/mol. The molecule has 174 valence electrons. The molecule has 4 nitrogen and oxygen atoms in total. The van der Waals surface area contributed by atoms with Crippen molar-refractivity contribution >= 4 is 20.8 Å². The van der Waals surface area contributed by atoms with E-state index in [-0.39, 0.29) is 21.8 Å². The summed E-state index contributed by atoms with van der Waals surface area (Å²) >= 11 is 6.12. The van der Waals surface area contributed by atoms with Gasteiger partial charge in [0.1, 0.15) is 5.75 Å². The summed E-state index contributed by atoms with van der Waals surface area (Å²) in [5.41, 5.74) is 2.06. The molecule has 1 saturated heterocycles. The van der Waals surface area contributed by atoms with Crippen LogP contribution in [0.4, 0.5) is 8.78 Å². The van der Waals surface area contributed by atoms with Crippen LogP contribution in [0.25, 0.3) is 0 Å². The van der Waals surface area contributed by atoms with Crippen molar-refractivity contribution in [1.82, 2.24) is 10.3 Å². The third-order valence-electron chi connectivity index (χ3n) is 6.72. The summed E-state index contributed by atoms with van der Waals surface area (Å²) in [6.45, 7) is 2.18. The predicted molar refractivity (Wildman–Crippen MR) is 125 cm³/mol. The first-order valence-corrected chi connectivity index (χ1v) is 12.2. The Labute approximate surface area is 195 Å². The van der Waals surface area contributed by atoms with Gasteiger partial charge in [-0.25, -0.2) is 0 Å². The maximum Gasteiger partial charge on any atom is 0.408 e. The number of rotatable bonds is 8. The number of hydrogen-bond acceptors (Lipinski definition) is 4. The van der Waals surface area contributed by atoms with E-state index in [0.29, 0.717) is 6.54 Å². The number of benzene rings is 1. The molecule has 4 rings (SSSR count). The highest BCUT2D eigenvalue weighted by Gasteiger charge is 2.48. The average Bonchev–Trinajstić information content (AvgIpc) is 3.20. The Morgan fingerprint density at radius 1 is 1.19 bits per heavy atom. The zero-order chi connectivity index (χ0) is 22.7. The van der Waals surface area contributed by atoms with Crippen molar-refractivity contribution in [2.75, 3.05) is 13.2 Å². The molecule has 0 amide bonds. The van der Waals surface area contributed by atoms with Gasteiger partial charge in [-0.1, -0.05) is 36.6 Å². The van der Waals surface area contributed by atoms with Gasteiger partial charge in [-0.3, -0.25) is 4.98 Å². The van der Waals surface area contributed by atoms with E-state index in [4.69, 9.17) is 21.3 Å². The van der Waals surface area contributed by atoms with Crippen molar-refractivity contribution in [2.45, 2.75) is 68.4 Å². The molecule has 2 unspecified atom stereocenters. The summed E-state index contributed by atoms with van der Waals surface area (Å²) in [5.74, 6) is -3.38. The van der Waals surface area contributed by atoms with Gasteiger partial charge in [0.25, 0.3) is 0 Å². The van der Waals surface area contributed by atoms with E-state index in [9.17, 15) is 8.78 Å². The lowest BCUT2D eigenvalue weighted by atomic mass is 9.68. The van der Waals surface area contributed by atoms with Crippen LogP contribution in [0, 0.1) is 0 Å². The molecule has 1 aromatic heterocycles. The molecule has 2 fully saturated rings. The van der Waals surface area contributed by atoms with E-state index in [0.717, 1.165) is 56.5 Å². The quantitative estimate of drug-likeness (QED) is 0.366. The number of halogens is 3. The average molecular weight is 483 g/mol. The SMILES string of the molecule is FC(F)(P)Oc1ccc(CNCCC2(c3ccccn3)CCOC3(CCCC3)C2)cc1Cl. The van der Waals surface area contributed by atoms with Crippen molar-refractivity contribution in [3.05, 3.63) is 58.9 Å². The van der Waals surface area contributed by atoms with Crippen molar-refractivity contribution in [2.24, 2.45) is 0 Å². The first-order valence-electron chi connectivity index (χ1n) is 11.2. The Hall–Kier alpha value is -1.33. The zero-order valence-electron chi connectivity index (χ0n) is 18.1. The molecule has 0 radical (unpaired) electrons. The predicted octanol–water partition coefficient (Wildman–Crippen LogP) is 6.08. The molecule has 32 heavy (non-hydrogen) atoms. The van der Waals surface area contributed by atoms with Crippen molar-refractivity contribution in [3.8, 4) is 5.75 Å². The largest absolute Gasteiger partial charge is 0.428 e. The van der Waals surface area contributed by atoms with Gasteiger partial charge in [0.15, 0.2) is 0 Å². The fourth-order valence-corrected chi connectivity index (χ4v) is 5.61. The Kier molecular flexibility index (Phi) is 7.36. The number of hydrogen-bond donors (Lipinski definition) is 1. The van der Waals surface area contributed by atoms with Gasteiger partial charge < -0.3 is 14.8 Å². The fourth-order valence-electron chi connectivity index (χ4n) is 5.24. The van der Waals surface area contributed by atoms with Crippen LogP contribution >= 0.6 is 20.8 Å². The molecule has 1 aliphatic heterocycles. The Morgan fingerprint density at radius 2 is 2.00 bits per heavy atom. The molecule has 1 aliphatic carbocycles. The molecular formula is C24H30ClF2N2O2P. The third-order valence-corrected chi connectivity index (χ3v) is 7.14. The van der Waals surface area contributed by atoms with E-state index in [1.54, 1.807) is 12.1 Å². The summed E-state index contributed by atoms with van der Waals surface area (Å²) in [6.07, 6.45) is 9.57. The maximum absolute atomic E-state index is 13.1. The van der Waals surface area contributed by atoms with E-state index in [2.05, 4.69) is 22.2 Å². The van der Waals surface area contributed by atoms with Crippen LogP contribution in [0.5, 0.6) is 5.75 Å². The lowest BCUT2D eigenvalue weighted by Crippen LogP contribution is -2.47. The number of ether oxygens (including phenoxy) is 2. The summed E-state index contributed by atoms with van der Waals surface area (Å²) in [5, 5.41) is 3.67. The highest BCUT2D eigenvalue weighted by Crippen LogP contribution is 2.49. The number of nitrogens with one attached hydrogen (secondary N) is 1. The fraction of sp³-hybridized carbons (Fsp3) is 0.542. The van der Waals surface area contributed by atoms with Crippen molar-refractivity contribution in [1.29, 1.82) is 0 Å². The molecule has 1 N–H and O–H groups in total. The van der Waals surface area contributed by atoms with Crippen molar-refractivity contribution < 1.29 is 18.3 Å². The van der Waals surface area contributed by atoms with Gasteiger partial charge in [0, 0.05) is 30.5 Å². The minimum Gasteiger partial charge on any atom is -0.428 e. The molecule has 1 saturated carbocycles. The van der Waals surface area contributed by atoms with Gasteiger partial charge in [0.05, 0.1) is 10.6 Å². The summed E-state index contributed by atoms with van der Waals surface area (Å²) in [7, 11) is 1.35. The van der Waals surface area contributed by atoms with Crippen molar-refractivity contribution in [3.63, 3.8) is 0 Å². The number of pyridine rings is 1. The topological polar surface area (TPSA) is 43.4 Å². The second-order valence-electron chi connectivity index (χ2n) is 9.02. The van der Waals surface area contributed by atoms with Crippen LogP contribution in [0.1, 0.15) is 56.2 Å². The van der Waals surface area contributed by atoms with Crippen LogP contribution in [0.15, 0.2) is 42.6 Å². The molecule has 1 spiro atoms. The lowest BCUT2D eigenvalue weighted by Gasteiger charge is -2.46. The lowest BCUT2D eigenvalue weighted by molar-refractivity contribution is -0.104. The van der Waals surface area contributed by atoms with Crippen LogP contribution in [-0.4, -0.2) is 29.6 Å². The minimum atomic E-state index is -3.34. The maximum atomic E-state index is 13.1. The first-order chi connectivity index (χ1) is 15.3. The monoisotopic (exact) mass is 482 g/mol. The molecule has 2 aromatic rings. The van der Waals surface area contributed by atoms with Gasteiger partial charge in [-0.15, -0.1) is 0 Å². The van der Waals surface area contributed by atoms with E-state index >= 15 is 0 Å². The van der Waals surface area contributed by atoms with E-state index in [1.165, 1.54) is 28.1 Å². The second-order valence-corrected chi connectivity index (χ2v) is 10.1.